The van der Waals surface area contributed by atoms with E-state index in [-0.39, 0.29) is 30.9 Å². The number of unbranched alkanes of at least 4 members (excludes halogenated alkanes) is 1. The normalized spacial score (nSPS) is 10.3. The molecule has 0 atom stereocenters. The average molecular weight is 427 g/mol. The smallest absolute Gasteiger partial charge is 0.338 e. The molecule has 0 heterocycles. The van der Waals surface area contributed by atoms with E-state index in [0.29, 0.717) is 31.0 Å². The van der Waals surface area contributed by atoms with Gasteiger partial charge in [0.15, 0.2) is 0 Å². The van der Waals surface area contributed by atoms with Gasteiger partial charge < -0.3 is 19.7 Å². The fourth-order valence-corrected chi connectivity index (χ4v) is 2.80. The van der Waals surface area contributed by atoms with Crippen LogP contribution in [0.2, 0.25) is 0 Å². The maximum Gasteiger partial charge on any atom is 0.338 e. The number of nitrogens with one attached hydrogen (secondary N) is 1. The van der Waals surface area contributed by atoms with Crippen LogP contribution in [0.15, 0.2) is 54.6 Å². The highest BCUT2D eigenvalue weighted by atomic mass is 16.5. The number of carbonyl (C=O) groups is 3. The molecule has 0 aliphatic carbocycles. The standard InChI is InChI=1S/C24H30N2O5/c1-3-5-17-31-23(28)20-11-13-21(14-12-20)25-24(29)26(16-15-22(27)30-4-2)18-19-9-7-6-8-10-19/h6-14H,3-5,15-18H2,1-2H3,(H,25,29). The van der Waals surface area contributed by atoms with Crippen molar-refractivity contribution in [3.63, 3.8) is 0 Å². The molecular formula is C24H30N2O5. The number of hydrogen-bond donors (Lipinski definition) is 1. The van der Waals surface area contributed by atoms with E-state index in [1.165, 1.54) is 0 Å². The number of ether oxygens (including phenoxy) is 2. The number of esters is 2. The lowest BCUT2D eigenvalue weighted by atomic mass is 10.2. The first-order valence-electron chi connectivity index (χ1n) is 10.6. The number of benzene rings is 2. The van der Waals surface area contributed by atoms with E-state index in [9.17, 15) is 14.4 Å². The molecule has 2 aromatic rings. The van der Waals surface area contributed by atoms with Gasteiger partial charge in [-0.25, -0.2) is 9.59 Å². The lowest BCUT2D eigenvalue weighted by Gasteiger charge is -2.23. The molecule has 0 aliphatic heterocycles. The molecule has 0 fully saturated rings. The number of urea groups is 1. The first-order valence-corrected chi connectivity index (χ1v) is 10.6. The van der Waals surface area contributed by atoms with Crippen molar-refractivity contribution in [1.82, 2.24) is 4.90 Å². The van der Waals surface area contributed by atoms with E-state index in [4.69, 9.17) is 9.47 Å². The predicted molar refractivity (Wildman–Crippen MR) is 119 cm³/mol. The number of anilines is 1. The number of rotatable bonds is 11. The molecule has 7 nitrogen and oxygen atoms in total. The highest BCUT2D eigenvalue weighted by Crippen LogP contribution is 2.13. The second kappa shape index (κ2) is 13.1. The molecule has 2 amide bonds. The van der Waals surface area contributed by atoms with E-state index in [0.717, 1.165) is 18.4 Å². The van der Waals surface area contributed by atoms with Crippen LogP contribution in [-0.4, -0.2) is 42.6 Å². The van der Waals surface area contributed by atoms with Gasteiger partial charge in [-0.2, -0.15) is 0 Å². The highest BCUT2D eigenvalue weighted by Gasteiger charge is 2.17. The minimum absolute atomic E-state index is 0.108. The molecule has 0 unspecified atom stereocenters. The molecular weight excluding hydrogens is 396 g/mol. The summed E-state index contributed by atoms with van der Waals surface area (Å²) >= 11 is 0. The van der Waals surface area contributed by atoms with Crippen molar-refractivity contribution in [2.75, 3.05) is 25.1 Å². The molecule has 0 aliphatic rings. The molecule has 0 spiro atoms. The third kappa shape index (κ3) is 8.50. The van der Waals surface area contributed by atoms with E-state index >= 15 is 0 Å². The zero-order valence-corrected chi connectivity index (χ0v) is 18.1. The molecule has 7 heteroatoms. The Morgan fingerprint density at radius 1 is 0.935 bits per heavy atom. The van der Waals surface area contributed by atoms with Crippen molar-refractivity contribution in [2.24, 2.45) is 0 Å². The number of hydrogen-bond acceptors (Lipinski definition) is 5. The van der Waals surface area contributed by atoms with Gasteiger partial charge in [-0.1, -0.05) is 43.7 Å². The summed E-state index contributed by atoms with van der Waals surface area (Å²) < 4.78 is 10.2. The third-order valence-corrected chi connectivity index (χ3v) is 4.50. The Morgan fingerprint density at radius 2 is 1.65 bits per heavy atom. The van der Waals surface area contributed by atoms with Gasteiger partial charge in [-0.15, -0.1) is 0 Å². The molecule has 2 aromatic carbocycles. The topological polar surface area (TPSA) is 84.9 Å². The van der Waals surface area contributed by atoms with Gasteiger partial charge in [-0.3, -0.25) is 4.79 Å². The van der Waals surface area contributed by atoms with E-state index in [2.05, 4.69) is 5.32 Å². The summed E-state index contributed by atoms with van der Waals surface area (Å²) in [4.78, 5) is 38.2. The number of carbonyl (C=O) groups excluding carboxylic acids is 3. The Kier molecular flexibility index (Phi) is 10.1. The van der Waals surface area contributed by atoms with Gasteiger partial charge in [-0.05, 0) is 43.2 Å². The summed E-state index contributed by atoms with van der Waals surface area (Å²) in [6.45, 7) is 5.05. The molecule has 0 saturated carbocycles. The summed E-state index contributed by atoms with van der Waals surface area (Å²) in [5, 5.41) is 2.82. The van der Waals surface area contributed by atoms with Crippen LogP contribution >= 0.6 is 0 Å². The zero-order valence-electron chi connectivity index (χ0n) is 18.1. The highest BCUT2D eigenvalue weighted by molar-refractivity contribution is 5.92. The summed E-state index contributed by atoms with van der Waals surface area (Å²) in [7, 11) is 0. The van der Waals surface area contributed by atoms with Gasteiger partial charge >= 0.3 is 18.0 Å². The number of amides is 2. The van der Waals surface area contributed by atoms with Crippen LogP contribution in [-0.2, 0) is 20.8 Å². The third-order valence-electron chi connectivity index (χ3n) is 4.50. The predicted octanol–water partition coefficient (Wildman–Crippen LogP) is 4.63. The molecule has 0 bridgehead atoms. The van der Waals surface area contributed by atoms with Crippen LogP contribution < -0.4 is 5.32 Å². The summed E-state index contributed by atoms with van der Waals surface area (Å²) in [5.74, 6) is -0.731. The van der Waals surface area contributed by atoms with Crippen molar-refractivity contribution < 1.29 is 23.9 Å². The quantitative estimate of drug-likeness (QED) is 0.418. The summed E-state index contributed by atoms with van der Waals surface area (Å²) in [5.41, 5.74) is 1.92. The second-order valence-electron chi connectivity index (χ2n) is 6.96. The Hall–Kier alpha value is -3.35. The monoisotopic (exact) mass is 426 g/mol. The van der Waals surface area contributed by atoms with Crippen LogP contribution in [0, 0.1) is 0 Å². The van der Waals surface area contributed by atoms with Crippen molar-refractivity contribution in [3.8, 4) is 0 Å². The molecule has 2 rings (SSSR count). The van der Waals surface area contributed by atoms with Gasteiger partial charge in [0.1, 0.15) is 0 Å². The fraction of sp³-hybridized carbons (Fsp3) is 0.375. The second-order valence-corrected chi connectivity index (χ2v) is 6.96. The maximum absolute atomic E-state index is 12.9. The largest absolute Gasteiger partial charge is 0.466 e. The molecule has 0 aromatic heterocycles. The lowest BCUT2D eigenvalue weighted by Crippen LogP contribution is -2.36. The van der Waals surface area contributed by atoms with Crippen molar-refractivity contribution >= 4 is 23.7 Å². The molecule has 0 saturated heterocycles. The SMILES string of the molecule is CCCCOC(=O)c1ccc(NC(=O)N(CCC(=O)OCC)Cc2ccccc2)cc1. The Labute approximate surface area is 183 Å². The molecule has 166 valence electrons. The van der Waals surface area contributed by atoms with Crippen LogP contribution in [0.25, 0.3) is 0 Å². The van der Waals surface area contributed by atoms with Gasteiger partial charge in [0, 0.05) is 18.8 Å². The lowest BCUT2D eigenvalue weighted by molar-refractivity contribution is -0.143. The van der Waals surface area contributed by atoms with E-state index in [1.54, 1.807) is 36.1 Å². The van der Waals surface area contributed by atoms with Crippen molar-refractivity contribution in [1.29, 1.82) is 0 Å². The van der Waals surface area contributed by atoms with Crippen LogP contribution in [0.4, 0.5) is 10.5 Å². The Bertz CT molecular complexity index is 837. The summed E-state index contributed by atoms with van der Waals surface area (Å²) in [6.07, 6.45) is 1.88. The van der Waals surface area contributed by atoms with Crippen molar-refractivity contribution in [2.45, 2.75) is 39.7 Å². The first kappa shape index (κ1) is 23.9. The zero-order chi connectivity index (χ0) is 22.5. The van der Waals surface area contributed by atoms with Gasteiger partial charge in [0.05, 0.1) is 25.2 Å². The Morgan fingerprint density at radius 3 is 2.29 bits per heavy atom. The van der Waals surface area contributed by atoms with Crippen LogP contribution in [0.3, 0.4) is 0 Å². The minimum Gasteiger partial charge on any atom is -0.466 e. The molecule has 0 radical (unpaired) electrons. The number of nitrogens with zero attached hydrogens (tertiary/aromatic N) is 1. The Balaban J connectivity index is 2.00. The fourth-order valence-electron chi connectivity index (χ4n) is 2.80. The van der Waals surface area contributed by atoms with E-state index in [1.807, 2.05) is 37.3 Å². The van der Waals surface area contributed by atoms with Gasteiger partial charge in [0.2, 0.25) is 0 Å². The van der Waals surface area contributed by atoms with E-state index < -0.39 is 0 Å². The minimum atomic E-state index is -0.383. The van der Waals surface area contributed by atoms with Gasteiger partial charge in [0.25, 0.3) is 0 Å². The van der Waals surface area contributed by atoms with Crippen molar-refractivity contribution in [3.05, 3.63) is 65.7 Å². The first-order chi connectivity index (χ1) is 15.0. The molecule has 1 N–H and O–H groups in total. The molecule has 31 heavy (non-hydrogen) atoms. The van der Waals surface area contributed by atoms with Crippen LogP contribution in [0.5, 0.6) is 0 Å². The van der Waals surface area contributed by atoms with Crippen LogP contribution in [0.1, 0.15) is 49.0 Å². The maximum atomic E-state index is 12.9. The summed E-state index contributed by atoms with van der Waals surface area (Å²) in [6, 6.07) is 15.7. The average Bonchev–Trinajstić information content (AvgIpc) is 2.78.